The van der Waals surface area contributed by atoms with Crippen molar-refractivity contribution in [3.63, 3.8) is 0 Å². The van der Waals surface area contributed by atoms with Crippen LogP contribution in [-0.4, -0.2) is 36.1 Å². The monoisotopic (exact) mass is 429 g/mol. The van der Waals surface area contributed by atoms with Crippen molar-refractivity contribution >= 4 is 23.5 Å². The van der Waals surface area contributed by atoms with Crippen molar-refractivity contribution in [2.75, 3.05) is 18.7 Å². The molecule has 0 bridgehead atoms. The van der Waals surface area contributed by atoms with Gasteiger partial charge in [-0.05, 0) is 23.3 Å². The van der Waals surface area contributed by atoms with Crippen LogP contribution in [0.5, 0.6) is 11.5 Å². The minimum Gasteiger partial charge on any atom is -0.454 e. The van der Waals surface area contributed by atoms with Crippen LogP contribution in [-0.2, 0) is 15.1 Å². The average molecular weight is 429 g/mol. The Kier molecular flexibility index (Phi) is 4.74. The fourth-order valence-electron chi connectivity index (χ4n) is 3.97. The molecule has 32 heavy (non-hydrogen) atoms. The number of hydrogen-bond donors (Lipinski definition) is 2. The number of carbonyl (C=O) groups is 3. The Bertz CT molecular complexity index is 1160. The molecular weight excluding hydrogens is 410 g/mol. The second-order valence-corrected chi connectivity index (χ2v) is 7.42. The number of carbonyl (C=O) groups excluding carboxylic acids is 3. The van der Waals surface area contributed by atoms with Crippen LogP contribution in [0, 0.1) is 0 Å². The molecule has 160 valence electrons. The molecule has 0 unspecified atom stereocenters. The number of imide groups is 1. The SMILES string of the molecule is O=C(CN1C(=O)NC(c2ccccc2)(c2ccccc2)C1=O)Nc1ccc2c(c1)OCO2. The highest BCUT2D eigenvalue weighted by atomic mass is 16.7. The zero-order valence-corrected chi connectivity index (χ0v) is 16.9. The lowest BCUT2D eigenvalue weighted by Crippen LogP contribution is -2.45. The summed E-state index contributed by atoms with van der Waals surface area (Å²) in [4.78, 5) is 40.1. The number of anilines is 1. The largest absolute Gasteiger partial charge is 0.454 e. The minimum atomic E-state index is -1.40. The van der Waals surface area contributed by atoms with E-state index in [0.717, 1.165) is 4.90 Å². The topological polar surface area (TPSA) is 97.0 Å². The van der Waals surface area contributed by atoms with E-state index in [9.17, 15) is 14.4 Å². The van der Waals surface area contributed by atoms with Crippen molar-refractivity contribution in [1.82, 2.24) is 10.2 Å². The first kappa shape index (κ1) is 19.6. The molecule has 1 fully saturated rings. The van der Waals surface area contributed by atoms with Gasteiger partial charge in [-0.2, -0.15) is 0 Å². The molecule has 3 aromatic carbocycles. The second-order valence-electron chi connectivity index (χ2n) is 7.42. The summed E-state index contributed by atoms with van der Waals surface area (Å²) >= 11 is 0. The zero-order valence-electron chi connectivity index (χ0n) is 16.9. The van der Waals surface area contributed by atoms with Gasteiger partial charge >= 0.3 is 6.03 Å². The van der Waals surface area contributed by atoms with Gasteiger partial charge in [-0.25, -0.2) is 4.79 Å². The van der Waals surface area contributed by atoms with E-state index in [0.29, 0.717) is 28.3 Å². The Balaban J connectivity index is 1.41. The van der Waals surface area contributed by atoms with Crippen LogP contribution in [0.15, 0.2) is 78.9 Å². The standard InChI is InChI=1S/C24H19N3O5/c28-21(25-18-11-12-19-20(13-18)32-15-31-19)14-27-22(29)24(26-23(27)30,16-7-3-1-4-8-16)17-9-5-2-6-10-17/h1-13H,14-15H2,(H,25,28)(H,26,30). The predicted molar refractivity (Wildman–Crippen MR) is 115 cm³/mol. The highest BCUT2D eigenvalue weighted by molar-refractivity contribution is 6.12. The van der Waals surface area contributed by atoms with Gasteiger partial charge in [-0.1, -0.05) is 60.7 Å². The smallest absolute Gasteiger partial charge is 0.326 e. The van der Waals surface area contributed by atoms with Gasteiger partial charge in [0.05, 0.1) is 0 Å². The lowest BCUT2D eigenvalue weighted by Gasteiger charge is -2.28. The molecule has 2 heterocycles. The summed E-state index contributed by atoms with van der Waals surface area (Å²) in [5.74, 6) is 0.0857. The van der Waals surface area contributed by atoms with Crippen molar-refractivity contribution in [1.29, 1.82) is 0 Å². The second kappa shape index (κ2) is 7.73. The van der Waals surface area contributed by atoms with Crippen LogP contribution < -0.4 is 20.1 Å². The highest BCUT2D eigenvalue weighted by Crippen LogP contribution is 2.36. The fraction of sp³-hybridized carbons (Fsp3) is 0.125. The minimum absolute atomic E-state index is 0.121. The van der Waals surface area contributed by atoms with Crippen molar-refractivity contribution < 1.29 is 23.9 Å². The third-order valence-corrected chi connectivity index (χ3v) is 5.48. The summed E-state index contributed by atoms with van der Waals surface area (Å²) in [5, 5.41) is 5.52. The van der Waals surface area contributed by atoms with Gasteiger partial charge in [0.25, 0.3) is 5.91 Å². The third-order valence-electron chi connectivity index (χ3n) is 5.48. The summed E-state index contributed by atoms with van der Waals surface area (Å²) < 4.78 is 10.6. The highest BCUT2D eigenvalue weighted by Gasteiger charge is 2.54. The van der Waals surface area contributed by atoms with Gasteiger partial charge in [0, 0.05) is 11.8 Å². The Morgan fingerprint density at radius 2 is 1.53 bits per heavy atom. The summed E-state index contributed by atoms with van der Waals surface area (Å²) in [7, 11) is 0. The lowest BCUT2D eigenvalue weighted by molar-refractivity contribution is -0.133. The molecule has 0 radical (unpaired) electrons. The van der Waals surface area contributed by atoms with Crippen LogP contribution >= 0.6 is 0 Å². The molecular formula is C24H19N3O5. The molecule has 3 aromatic rings. The number of amides is 4. The van der Waals surface area contributed by atoms with E-state index in [4.69, 9.17) is 9.47 Å². The molecule has 8 heteroatoms. The van der Waals surface area contributed by atoms with Crippen LogP contribution in [0.4, 0.5) is 10.5 Å². The molecule has 2 N–H and O–H groups in total. The van der Waals surface area contributed by atoms with Crippen LogP contribution in [0.3, 0.4) is 0 Å². The fourth-order valence-corrected chi connectivity index (χ4v) is 3.97. The van der Waals surface area contributed by atoms with Crippen LogP contribution in [0.25, 0.3) is 0 Å². The number of fused-ring (bicyclic) bond motifs is 1. The molecule has 2 aliphatic rings. The van der Waals surface area contributed by atoms with E-state index in [2.05, 4.69) is 10.6 Å². The van der Waals surface area contributed by atoms with Crippen LogP contribution in [0.1, 0.15) is 11.1 Å². The quantitative estimate of drug-likeness (QED) is 0.608. The molecule has 8 nitrogen and oxygen atoms in total. The summed E-state index contributed by atoms with van der Waals surface area (Å²) in [6.45, 7) is -0.309. The summed E-state index contributed by atoms with van der Waals surface area (Å²) in [6.07, 6.45) is 0. The first-order valence-corrected chi connectivity index (χ1v) is 10.0. The number of nitrogens with one attached hydrogen (secondary N) is 2. The molecule has 5 rings (SSSR count). The van der Waals surface area contributed by atoms with Gasteiger partial charge in [-0.15, -0.1) is 0 Å². The van der Waals surface area contributed by atoms with Crippen molar-refractivity contribution in [3.8, 4) is 11.5 Å². The predicted octanol–water partition coefficient (Wildman–Crippen LogP) is 2.85. The molecule has 0 atom stereocenters. The Labute approximate surface area is 183 Å². The lowest BCUT2D eigenvalue weighted by atomic mass is 9.82. The van der Waals surface area contributed by atoms with E-state index in [-0.39, 0.29) is 6.79 Å². The average Bonchev–Trinajstić information content (AvgIpc) is 3.38. The number of nitrogens with zero attached hydrogens (tertiary/aromatic N) is 1. The van der Waals surface area contributed by atoms with Crippen LogP contribution in [0.2, 0.25) is 0 Å². The number of urea groups is 1. The van der Waals surface area contributed by atoms with E-state index in [1.165, 1.54) is 0 Å². The number of hydrogen-bond acceptors (Lipinski definition) is 5. The van der Waals surface area contributed by atoms with Crippen molar-refractivity contribution in [3.05, 3.63) is 90.0 Å². The zero-order chi connectivity index (χ0) is 22.1. The summed E-state index contributed by atoms with van der Waals surface area (Å²) in [6, 6.07) is 22.3. The Morgan fingerprint density at radius 3 is 2.19 bits per heavy atom. The molecule has 0 aliphatic carbocycles. The Hall–Kier alpha value is -4.33. The van der Waals surface area contributed by atoms with Gasteiger partial charge in [0.15, 0.2) is 17.0 Å². The van der Waals surface area contributed by atoms with E-state index < -0.39 is 29.9 Å². The normalized spacial score (nSPS) is 16.1. The van der Waals surface area contributed by atoms with Crippen molar-refractivity contribution in [2.24, 2.45) is 0 Å². The Morgan fingerprint density at radius 1 is 0.906 bits per heavy atom. The maximum absolute atomic E-state index is 13.6. The van der Waals surface area contributed by atoms with E-state index in [1.54, 1.807) is 66.7 Å². The van der Waals surface area contributed by atoms with E-state index >= 15 is 0 Å². The number of ether oxygens (including phenoxy) is 2. The molecule has 0 spiro atoms. The molecule has 0 saturated carbocycles. The summed E-state index contributed by atoms with van der Waals surface area (Å²) in [5.41, 5.74) is 0.300. The number of benzene rings is 3. The molecule has 4 amide bonds. The molecule has 0 aromatic heterocycles. The van der Waals surface area contributed by atoms with Gasteiger partial charge in [-0.3, -0.25) is 14.5 Å². The maximum Gasteiger partial charge on any atom is 0.326 e. The molecule has 1 saturated heterocycles. The first-order chi connectivity index (χ1) is 15.6. The third kappa shape index (κ3) is 3.22. The number of rotatable bonds is 5. The van der Waals surface area contributed by atoms with Gasteiger partial charge in [0.2, 0.25) is 12.7 Å². The van der Waals surface area contributed by atoms with Crippen molar-refractivity contribution in [2.45, 2.75) is 5.54 Å². The first-order valence-electron chi connectivity index (χ1n) is 10.0. The van der Waals surface area contributed by atoms with Gasteiger partial charge < -0.3 is 20.1 Å². The molecule has 2 aliphatic heterocycles. The maximum atomic E-state index is 13.6. The van der Waals surface area contributed by atoms with E-state index in [1.807, 2.05) is 12.1 Å². The van der Waals surface area contributed by atoms with Gasteiger partial charge in [0.1, 0.15) is 6.54 Å².